The van der Waals surface area contributed by atoms with E-state index in [1.165, 1.54) is 57.1 Å². The minimum Gasteiger partial charge on any atom is -0.325 e. The molecule has 0 radical (unpaired) electrons. The summed E-state index contributed by atoms with van der Waals surface area (Å²) in [5.74, 6) is 0.911. The largest absolute Gasteiger partial charge is 0.325 e. The van der Waals surface area contributed by atoms with Crippen molar-refractivity contribution >= 4 is 0 Å². The summed E-state index contributed by atoms with van der Waals surface area (Å²) >= 11 is 0. The van der Waals surface area contributed by atoms with Crippen molar-refractivity contribution in [2.75, 3.05) is 0 Å². The zero-order chi connectivity index (χ0) is 13.5. The van der Waals surface area contributed by atoms with Crippen LogP contribution in [0.1, 0.15) is 69.7 Å². The summed E-state index contributed by atoms with van der Waals surface area (Å²) in [5, 5.41) is 8.51. The summed E-state index contributed by atoms with van der Waals surface area (Å²) < 4.78 is 2.09. The van der Waals surface area contributed by atoms with Crippen LogP contribution in [-0.2, 0) is 19.5 Å². The quantitative estimate of drug-likeness (QED) is 0.823. The van der Waals surface area contributed by atoms with E-state index in [1.54, 1.807) is 0 Å². The molecule has 1 aromatic heterocycles. The van der Waals surface area contributed by atoms with Crippen molar-refractivity contribution in [3.05, 3.63) is 11.4 Å². The van der Waals surface area contributed by atoms with E-state index >= 15 is 0 Å². The molecule has 2 rings (SSSR count). The van der Waals surface area contributed by atoms with Crippen LogP contribution in [0, 0.1) is 5.92 Å². The van der Waals surface area contributed by atoms with Gasteiger partial charge >= 0.3 is 0 Å². The Hall–Kier alpha value is -0.900. The van der Waals surface area contributed by atoms with Crippen molar-refractivity contribution in [1.82, 2.24) is 15.0 Å². The van der Waals surface area contributed by atoms with Gasteiger partial charge in [0.15, 0.2) is 0 Å². The van der Waals surface area contributed by atoms with Gasteiger partial charge < -0.3 is 5.73 Å². The fourth-order valence-corrected chi connectivity index (χ4v) is 3.10. The summed E-state index contributed by atoms with van der Waals surface area (Å²) in [6.07, 6.45) is 11.8. The smallest absolute Gasteiger partial charge is 0.0994 e. The maximum Gasteiger partial charge on any atom is 0.0994 e. The molecular formula is C15H28N4. The highest BCUT2D eigenvalue weighted by Crippen LogP contribution is 2.27. The van der Waals surface area contributed by atoms with E-state index in [0.717, 1.165) is 24.6 Å². The van der Waals surface area contributed by atoms with Crippen molar-refractivity contribution in [3.8, 4) is 0 Å². The predicted octanol–water partition coefficient (Wildman–Crippen LogP) is 3.05. The first-order valence-electron chi connectivity index (χ1n) is 7.96. The molecule has 0 atom stereocenters. The van der Waals surface area contributed by atoms with Crippen molar-refractivity contribution in [1.29, 1.82) is 0 Å². The molecule has 0 spiro atoms. The number of nitrogens with two attached hydrogens (primary N) is 1. The van der Waals surface area contributed by atoms with Crippen LogP contribution >= 0.6 is 0 Å². The third kappa shape index (κ3) is 4.03. The Morgan fingerprint density at radius 2 is 2.05 bits per heavy atom. The third-order valence-corrected chi connectivity index (χ3v) is 4.35. The number of nitrogens with zero attached hydrogens (tertiary/aromatic N) is 3. The van der Waals surface area contributed by atoms with Gasteiger partial charge in [0.2, 0.25) is 0 Å². The second-order valence-corrected chi connectivity index (χ2v) is 5.81. The average Bonchev–Trinajstić information content (AvgIpc) is 2.86. The monoisotopic (exact) mass is 264 g/mol. The molecule has 0 aromatic carbocycles. The molecule has 108 valence electrons. The highest BCUT2D eigenvalue weighted by atomic mass is 15.4. The number of rotatable bonds is 7. The van der Waals surface area contributed by atoms with Crippen LogP contribution in [0.15, 0.2) is 0 Å². The first-order chi connectivity index (χ1) is 9.35. The molecule has 0 aliphatic heterocycles. The Bertz CT molecular complexity index is 366. The molecular weight excluding hydrogens is 236 g/mol. The number of hydrogen-bond acceptors (Lipinski definition) is 3. The summed E-state index contributed by atoms with van der Waals surface area (Å²) in [5.41, 5.74) is 8.09. The summed E-state index contributed by atoms with van der Waals surface area (Å²) in [7, 11) is 0. The minimum atomic E-state index is 0.520. The average molecular weight is 264 g/mol. The number of hydrogen-bond donors (Lipinski definition) is 1. The normalized spacial score (nSPS) is 16.9. The molecule has 0 amide bonds. The fraction of sp³-hybridized carbons (Fsp3) is 0.867. The molecule has 19 heavy (non-hydrogen) atoms. The molecule has 1 aromatic rings. The summed E-state index contributed by atoms with van der Waals surface area (Å²) in [6.45, 7) is 3.72. The lowest BCUT2D eigenvalue weighted by molar-refractivity contribution is 0.335. The zero-order valence-electron chi connectivity index (χ0n) is 12.3. The summed E-state index contributed by atoms with van der Waals surface area (Å²) in [4.78, 5) is 0. The molecule has 1 saturated carbocycles. The van der Waals surface area contributed by atoms with Crippen LogP contribution in [0.4, 0.5) is 0 Å². The molecule has 0 bridgehead atoms. The SMILES string of the molecule is CCCCn1nnc(CN)c1CCC1CCCCC1. The van der Waals surface area contributed by atoms with Gasteiger partial charge in [0.05, 0.1) is 11.4 Å². The molecule has 1 aliphatic rings. The number of aromatic nitrogens is 3. The molecule has 0 unspecified atom stereocenters. The van der Waals surface area contributed by atoms with E-state index in [9.17, 15) is 0 Å². The maximum atomic E-state index is 5.79. The van der Waals surface area contributed by atoms with Gasteiger partial charge in [-0.15, -0.1) is 5.10 Å². The fourth-order valence-electron chi connectivity index (χ4n) is 3.10. The van der Waals surface area contributed by atoms with Crippen molar-refractivity contribution in [2.24, 2.45) is 11.7 Å². The van der Waals surface area contributed by atoms with Crippen molar-refractivity contribution in [2.45, 2.75) is 77.8 Å². The van der Waals surface area contributed by atoms with Crippen LogP contribution < -0.4 is 5.73 Å². The maximum absolute atomic E-state index is 5.79. The Morgan fingerprint density at radius 1 is 1.26 bits per heavy atom. The van der Waals surface area contributed by atoms with E-state index < -0.39 is 0 Å². The molecule has 4 nitrogen and oxygen atoms in total. The topological polar surface area (TPSA) is 56.7 Å². The molecule has 4 heteroatoms. The van der Waals surface area contributed by atoms with E-state index in [1.807, 2.05) is 0 Å². The Labute approximate surface area is 116 Å². The van der Waals surface area contributed by atoms with Crippen LogP contribution in [0.25, 0.3) is 0 Å². The second kappa shape index (κ2) is 7.63. The second-order valence-electron chi connectivity index (χ2n) is 5.81. The highest BCUT2D eigenvalue weighted by molar-refractivity contribution is 5.10. The van der Waals surface area contributed by atoms with E-state index in [2.05, 4.69) is 21.9 Å². The van der Waals surface area contributed by atoms with E-state index in [4.69, 9.17) is 5.73 Å². The van der Waals surface area contributed by atoms with Gasteiger partial charge in [0, 0.05) is 13.1 Å². The van der Waals surface area contributed by atoms with Crippen LogP contribution in [0.5, 0.6) is 0 Å². The summed E-state index contributed by atoms with van der Waals surface area (Å²) in [6, 6.07) is 0. The Balaban J connectivity index is 1.94. The van der Waals surface area contributed by atoms with Crippen LogP contribution in [-0.4, -0.2) is 15.0 Å². The first-order valence-corrected chi connectivity index (χ1v) is 7.96. The number of unbranched alkanes of at least 4 members (excludes halogenated alkanes) is 1. The van der Waals surface area contributed by atoms with Crippen molar-refractivity contribution < 1.29 is 0 Å². The third-order valence-electron chi connectivity index (χ3n) is 4.35. The molecule has 1 heterocycles. The van der Waals surface area contributed by atoms with Gasteiger partial charge in [-0.2, -0.15) is 0 Å². The first kappa shape index (κ1) is 14.5. The standard InChI is InChI=1S/C15H28N4/c1-2-3-11-19-15(14(12-16)17-18-19)10-9-13-7-5-4-6-8-13/h13H,2-12,16H2,1H3. The van der Waals surface area contributed by atoms with E-state index in [0.29, 0.717) is 6.54 Å². The lowest BCUT2D eigenvalue weighted by Gasteiger charge is -2.21. The molecule has 1 aliphatic carbocycles. The predicted molar refractivity (Wildman–Crippen MR) is 77.7 cm³/mol. The molecule has 0 saturated heterocycles. The van der Waals surface area contributed by atoms with Crippen molar-refractivity contribution in [3.63, 3.8) is 0 Å². The lowest BCUT2D eigenvalue weighted by Crippen LogP contribution is -2.12. The van der Waals surface area contributed by atoms with E-state index in [-0.39, 0.29) is 0 Å². The van der Waals surface area contributed by atoms with Gasteiger partial charge in [-0.1, -0.05) is 50.7 Å². The van der Waals surface area contributed by atoms with Gasteiger partial charge in [0.1, 0.15) is 0 Å². The number of aryl methyl sites for hydroxylation is 1. The molecule has 2 N–H and O–H groups in total. The van der Waals surface area contributed by atoms with Gasteiger partial charge in [0.25, 0.3) is 0 Å². The van der Waals surface area contributed by atoms with Gasteiger partial charge in [-0.3, -0.25) is 0 Å². The van der Waals surface area contributed by atoms with Gasteiger partial charge in [-0.25, -0.2) is 4.68 Å². The van der Waals surface area contributed by atoms with Crippen LogP contribution in [0.3, 0.4) is 0 Å². The van der Waals surface area contributed by atoms with Gasteiger partial charge in [-0.05, 0) is 25.2 Å². The molecule has 1 fully saturated rings. The Kier molecular flexibility index (Phi) is 5.83. The minimum absolute atomic E-state index is 0.520. The zero-order valence-corrected chi connectivity index (χ0v) is 12.3. The highest BCUT2D eigenvalue weighted by Gasteiger charge is 2.17. The van der Waals surface area contributed by atoms with Crippen LogP contribution in [0.2, 0.25) is 0 Å². The lowest BCUT2D eigenvalue weighted by atomic mass is 9.85. The Morgan fingerprint density at radius 3 is 2.74 bits per heavy atom.